The number of aliphatic carboxylic acids is 2. The summed E-state index contributed by atoms with van der Waals surface area (Å²) < 4.78 is 0. The molecule has 0 aromatic heterocycles. The molecule has 4 nitrogen and oxygen atoms in total. The van der Waals surface area contributed by atoms with E-state index in [2.05, 4.69) is 13.8 Å². The Kier molecular flexibility index (Phi) is 40.3. The Morgan fingerprint density at radius 3 is 0.929 bits per heavy atom. The summed E-state index contributed by atoms with van der Waals surface area (Å²) in [6.07, 6.45) is 19.5. The predicted molar refractivity (Wildman–Crippen MR) is 110 cm³/mol. The van der Waals surface area contributed by atoms with Crippen molar-refractivity contribution in [3.63, 3.8) is 0 Å². The van der Waals surface area contributed by atoms with Gasteiger partial charge in [0.25, 0.3) is 0 Å². The SMILES string of the molecule is CCCCCCCCCCC(=O)[O-].CCCCCCCCCCC(=O)[O-].[Cl-].[In+3]. The Hall–Kier alpha value is 0.100. The van der Waals surface area contributed by atoms with Gasteiger partial charge in [0, 0.05) is 11.9 Å². The van der Waals surface area contributed by atoms with Crippen LogP contribution in [-0.4, -0.2) is 37.8 Å². The average molecular weight is 521 g/mol. The summed E-state index contributed by atoms with van der Waals surface area (Å²) in [5.74, 6) is -1.82. The summed E-state index contributed by atoms with van der Waals surface area (Å²) in [4.78, 5) is 20.1. The number of hydrogen-bond acceptors (Lipinski definition) is 4. The van der Waals surface area contributed by atoms with Crippen LogP contribution < -0.4 is 22.6 Å². The van der Waals surface area contributed by atoms with Crippen molar-refractivity contribution < 1.29 is 32.2 Å². The average Bonchev–Trinajstić information content (AvgIpc) is 2.60. The van der Waals surface area contributed by atoms with Crippen LogP contribution in [0.15, 0.2) is 0 Å². The van der Waals surface area contributed by atoms with E-state index in [-0.39, 0.29) is 51.1 Å². The minimum atomic E-state index is -0.911. The van der Waals surface area contributed by atoms with Crippen molar-refractivity contribution in [1.82, 2.24) is 0 Å². The van der Waals surface area contributed by atoms with E-state index in [4.69, 9.17) is 0 Å². The van der Waals surface area contributed by atoms with Gasteiger partial charge in [-0.3, -0.25) is 0 Å². The molecule has 0 radical (unpaired) electrons. The van der Waals surface area contributed by atoms with Crippen LogP contribution in [0, 0.1) is 0 Å². The maximum atomic E-state index is 10.1. The van der Waals surface area contributed by atoms with Gasteiger partial charge in [0.05, 0.1) is 0 Å². The van der Waals surface area contributed by atoms with Crippen molar-refractivity contribution in [2.24, 2.45) is 0 Å². The first-order valence-electron chi connectivity index (χ1n) is 10.9. The third-order valence-electron chi connectivity index (χ3n) is 4.47. The molecule has 0 fully saturated rings. The molecular weight excluding hydrogens is 479 g/mol. The van der Waals surface area contributed by atoms with E-state index in [9.17, 15) is 19.8 Å². The maximum absolute atomic E-state index is 10.1. The van der Waals surface area contributed by atoms with E-state index < -0.39 is 11.9 Å². The Bertz CT molecular complexity index is 285. The van der Waals surface area contributed by atoms with Gasteiger partial charge in [0.1, 0.15) is 0 Å². The van der Waals surface area contributed by atoms with Gasteiger partial charge in [-0.2, -0.15) is 0 Å². The number of carbonyl (C=O) groups is 2. The van der Waals surface area contributed by atoms with Crippen LogP contribution in [-0.2, 0) is 9.59 Å². The second-order valence-electron chi connectivity index (χ2n) is 7.19. The van der Waals surface area contributed by atoms with Crippen molar-refractivity contribution >= 4 is 37.8 Å². The van der Waals surface area contributed by atoms with Crippen molar-refractivity contribution in [3.8, 4) is 0 Å². The third kappa shape index (κ3) is 40.7. The van der Waals surface area contributed by atoms with Gasteiger partial charge in [-0.05, 0) is 25.7 Å². The van der Waals surface area contributed by atoms with Crippen molar-refractivity contribution in [3.05, 3.63) is 0 Å². The zero-order valence-corrected chi connectivity index (χ0v) is 22.4. The number of carboxylic acid groups (broad SMARTS) is 2. The number of unbranched alkanes of at least 4 members (excludes halogenated alkanes) is 14. The second kappa shape index (κ2) is 31.8. The molecular formula is C22H42ClInO4. The van der Waals surface area contributed by atoms with Gasteiger partial charge < -0.3 is 32.2 Å². The number of carboxylic acids is 2. The molecule has 0 bridgehead atoms. The molecule has 0 unspecified atom stereocenters. The fraction of sp³-hybridized carbons (Fsp3) is 0.909. The van der Waals surface area contributed by atoms with E-state index in [1.54, 1.807) is 0 Å². The van der Waals surface area contributed by atoms with Gasteiger partial charge in [-0.1, -0.05) is 104 Å². The minimum absolute atomic E-state index is 0. The Morgan fingerprint density at radius 1 is 0.500 bits per heavy atom. The van der Waals surface area contributed by atoms with Crippen LogP contribution in [0.2, 0.25) is 0 Å². The number of halogens is 1. The van der Waals surface area contributed by atoms with Crippen LogP contribution in [0.25, 0.3) is 0 Å². The minimum Gasteiger partial charge on any atom is -1.00 e. The molecule has 0 N–H and O–H groups in total. The van der Waals surface area contributed by atoms with E-state index in [1.807, 2.05) is 0 Å². The number of carbonyl (C=O) groups excluding carboxylic acids is 2. The fourth-order valence-corrected chi connectivity index (χ4v) is 2.81. The molecule has 164 valence electrons. The summed E-state index contributed by atoms with van der Waals surface area (Å²) >= 11 is 0. The molecule has 0 amide bonds. The van der Waals surface area contributed by atoms with E-state index in [1.165, 1.54) is 77.0 Å². The molecule has 0 aliphatic rings. The molecule has 0 heterocycles. The van der Waals surface area contributed by atoms with Gasteiger partial charge in [0.15, 0.2) is 0 Å². The Labute approximate surface area is 198 Å². The monoisotopic (exact) mass is 520 g/mol. The summed E-state index contributed by atoms with van der Waals surface area (Å²) in [5.41, 5.74) is 0. The molecule has 28 heavy (non-hydrogen) atoms. The van der Waals surface area contributed by atoms with Crippen LogP contribution in [0.1, 0.15) is 129 Å². The number of rotatable bonds is 18. The summed E-state index contributed by atoms with van der Waals surface area (Å²) in [5, 5.41) is 20.1. The topological polar surface area (TPSA) is 80.3 Å². The third-order valence-corrected chi connectivity index (χ3v) is 4.47. The zero-order valence-electron chi connectivity index (χ0n) is 18.3. The van der Waals surface area contributed by atoms with Gasteiger partial charge >= 0.3 is 25.8 Å². The van der Waals surface area contributed by atoms with Crippen molar-refractivity contribution in [2.75, 3.05) is 0 Å². The van der Waals surface area contributed by atoms with Crippen molar-refractivity contribution in [2.45, 2.75) is 129 Å². The molecule has 0 saturated heterocycles. The first kappa shape index (κ1) is 35.5. The molecule has 6 heteroatoms. The van der Waals surface area contributed by atoms with Crippen molar-refractivity contribution in [1.29, 1.82) is 0 Å². The summed E-state index contributed by atoms with van der Waals surface area (Å²) in [6, 6.07) is 0. The molecule has 0 atom stereocenters. The normalized spacial score (nSPS) is 9.50. The van der Waals surface area contributed by atoms with Crippen LogP contribution in [0.4, 0.5) is 0 Å². The number of hydrogen-bond donors (Lipinski definition) is 0. The first-order valence-corrected chi connectivity index (χ1v) is 10.9. The molecule has 0 aliphatic carbocycles. The molecule has 0 aromatic carbocycles. The second-order valence-corrected chi connectivity index (χ2v) is 7.19. The maximum Gasteiger partial charge on any atom is 3.00 e. The van der Waals surface area contributed by atoms with E-state index >= 15 is 0 Å². The van der Waals surface area contributed by atoms with Gasteiger partial charge in [-0.25, -0.2) is 0 Å². The largest absolute Gasteiger partial charge is 3.00 e. The van der Waals surface area contributed by atoms with Gasteiger partial charge in [0.2, 0.25) is 0 Å². The quantitative estimate of drug-likeness (QED) is 0.254. The Morgan fingerprint density at radius 2 is 0.714 bits per heavy atom. The van der Waals surface area contributed by atoms with Crippen LogP contribution >= 0.6 is 0 Å². The standard InChI is InChI=1S/2C11H22O2.ClH.In/c2*1-2-3-4-5-6-7-8-9-10-11(12)13;;/h2*2-10H2,1H3,(H,12,13);1H;/q;;;+3/p-3. The molecule has 0 spiro atoms. The van der Waals surface area contributed by atoms with E-state index in [0.717, 1.165) is 25.7 Å². The smallest absolute Gasteiger partial charge is 1.00 e. The molecule has 0 rings (SSSR count). The molecule has 0 aliphatic heterocycles. The fourth-order valence-electron chi connectivity index (χ4n) is 2.81. The first-order chi connectivity index (χ1) is 12.5. The summed E-state index contributed by atoms with van der Waals surface area (Å²) in [6.45, 7) is 4.42. The molecule has 0 aromatic rings. The van der Waals surface area contributed by atoms with E-state index in [0.29, 0.717) is 0 Å². The molecule has 0 saturated carbocycles. The predicted octanol–water partition coefficient (Wildman–Crippen LogP) is 1.16. The Balaban J connectivity index is -0.000000192. The van der Waals surface area contributed by atoms with Crippen LogP contribution in [0.3, 0.4) is 0 Å². The summed E-state index contributed by atoms with van der Waals surface area (Å²) in [7, 11) is 0. The zero-order chi connectivity index (χ0) is 19.9. The van der Waals surface area contributed by atoms with Crippen LogP contribution in [0.5, 0.6) is 0 Å². The van der Waals surface area contributed by atoms with Gasteiger partial charge in [-0.15, -0.1) is 0 Å².